The zero-order valence-electron chi connectivity index (χ0n) is 14.4. The Balaban J connectivity index is 1.67. The van der Waals surface area contributed by atoms with Crippen molar-refractivity contribution in [3.8, 4) is 10.4 Å². The number of halogens is 1. The van der Waals surface area contributed by atoms with E-state index in [1.54, 1.807) is 18.2 Å². The van der Waals surface area contributed by atoms with Crippen LogP contribution in [0.4, 0.5) is 0 Å². The molecule has 2 aliphatic rings. The minimum absolute atomic E-state index is 0.0840. The average Bonchev–Trinajstić information content (AvgIpc) is 3.00. The summed E-state index contributed by atoms with van der Waals surface area (Å²) >= 11 is 7.35. The second kappa shape index (κ2) is 6.66. The van der Waals surface area contributed by atoms with Crippen LogP contribution in [0.3, 0.4) is 0 Å². The molecule has 1 amide bonds. The summed E-state index contributed by atoms with van der Waals surface area (Å²) in [6.07, 6.45) is 4.51. The van der Waals surface area contributed by atoms with Crippen molar-refractivity contribution in [3.05, 3.63) is 39.7 Å². The van der Waals surface area contributed by atoms with Gasteiger partial charge in [0, 0.05) is 21.5 Å². The van der Waals surface area contributed by atoms with E-state index in [-0.39, 0.29) is 22.6 Å². The molecule has 2 heterocycles. The highest BCUT2D eigenvalue weighted by atomic mass is 35.5. The number of carbonyl (C=O) groups is 1. The lowest BCUT2D eigenvalue weighted by Crippen LogP contribution is -2.40. The van der Waals surface area contributed by atoms with Crippen LogP contribution in [0.1, 0.15) is 47.8 Å². The fourth-order valence-corrected chi connectivity index (χ4v) is 6.99. The normalized spacial score (nSPS) is 23.8. The highest BCUT2D eigenvalue weighted by Gasteiger charge is 2.32. The molecular weight excluding hydrogens is 390 g/mol. The van der Waals surface area contributed by atoms with E-state index < -0.39 is 9.84 Å². The van der Waals surface area contributed by atoms with Gasteiger partial charge in [0.25, 0.3) is 5.91 Å². The van der Waals surface area contributed by atoms with Gasteiger partial charge in [0.05, 0.1) is 15.5 Å². The van der Waals surface area contributed by atoms with Gasteiger partial charge < -0.3 is 5.32 Å². The molecule has 0 saturated heterocycles. The molecule has 1 aromatic carbocycles. The summed E-state index contributed by atoms with van der Waals surface area (Å²) in [5.41, 5.74) is 1.34. The van der Waals surface area contributed by atoms with E-state index in [0.29, 0.717) is 26.9 Å². The highest BCUT2D eigenvalue weighted by Crippen LogP contribution is 2.43. The van der Waals surface area contributed by atoms with Crippen molar-refractivity contribution < 1.29 is 13.2 Å². The lowest BCUT2D eigenvalue weighted by Gasteiger charge is -2.29. The topological polar surface area (TPSA) is 63.2 Å². The molecule has 4 rings (SSSR count). The number of sulfone groups is 1. The van der Waals surface area contributed by atoms with E-state index in [0.717, 1.165) is 24.1 Å². The average molecular weight is 410 g/mol. The van der Waals surface area contributed by atoms with Gasteiger partial charge in [-0.25, -0.2) is 8.42 Å². The van der Waals surface area contributed by atoms with Crippen molar-refractivity contribution in [3.63, 3.8) is 0 Å². The van der Waals surface area contributed by atoms with Crippen LogP contribution in [0.15, 0.2) is 29.2 Å². The quantitative estimate of drug-likeness (QED) is 0.784. The Kier molecular flexibility index (Phi) is 4.61. The largest absolute Gasteiger partial charge is 0.348 e. The second-order valence-electron chi connectivity index (χ2n) is 7.21. The lowest BCUT2D eigenvalue weighted by molar-refractivity contribution is 0.0914. The van der Waals surface area contributed by atoms with Crippen LogP contribution in [-0.2, 0) is 15.6 Å². The van der Waals surface area contributed by atoms with Gasteiger partial charge in [0.1, 0.15) is 0 Å². The van der Waals surface area contributed by atoms with Crippen LogP contribution < -0.4 is 5.32 Å². The first-order valence-corrected chi connectivity index (χ1v) is 11.7. The van der Waals surface area contributed by atoms with Crippen molar-refractivity contribution in [1.82, 2.24) is 5.32 Å². The first kappa shape index (κ1) is 18.0. The maximum absolute atomic E-state index is 12.7. The molecule has 1 aromatic heterocycles. The fraction of sp³-hybridized carbons (Fsp3) is 0.421. The van der Waals surface area contributed by atoms with Gasteiger partial charge in [0.15, 0.2) is 9.84 Å². The number of thiophene rings is 1. The van der Waals surface area contributed by atoms with E-state index in [4.69, 9.17) is 11.6 Å². The second-order valence-corrected chi connectivity index (χ2v) is 10.7. The number of fused-ring (bicyclic) bond motifs is 3. The third-order valence-electron chi connectivity index (χ3n) is 5.33. The summed E-state index contributed by atoms with van der Waals surface area (Å²) < 4.78 is 25.1. The molecule has 0 bridgehead atoms. The van der Waals surface area contributed by atoms with Crippen molar-refractivity contribution in [1.29, 1.82) is 0 Å². The zero-order chi connectivity index (χ0) is 18.5. The van der Waals surface area contributed by atoms with E-state index in [1.165, 1.54) is 23.8 Å². The molecule has 7 heteroatoms. The van der Waals surface area contributed by atoms with E-state index in [1.807, 2.05) is 0 Å². The lowest BCUT2D eigenvalue weighted by atomic mass is 9.86. The molecule has 1 aliphatic heterocycles. The van der Waals surface area contributed by atoms with Crippen LogP contribution in [0.2, 0.25) is 5.02 Å². The number of carbonyl (C=O) groups excluding carboxylic acids is 1. The third kappa shape index (κ3) is 3.19. The molecule has 1 aliphatic carbocycles. The molecule has 2 atom stereocenters. The predicted octanol–water partition coefficient (Wildman–Crippen LogP) is 4.66. The van der Waals surface area contributed by atoms with Gasteiger partial charge >= 0.3 is 0 Å². The van der Waals surface area contributed by atoms with Gasteiger partial charge in [0.2, 0.25) is 0 Å². The molecule has 4 nitrogen and oxygen atoms in total. The van der Waals surface area contributed by atoms with Gasteiger partial charge in [-0.05, 0) is 42.5 Å². The summed E-state index contributed by atoms with van der Waals surface area (Å²) in [6.45, 7) is 2.18. The van der Waals surface area contributed by atoms with Crippen molar-refractivity contribution >= 4 is 38.7 Å². The molecule has 0 radical (unpaired) electrons. The van der Waals surface area contributed by atoms with Gasteiger partial charge in [-0.1, -0.05) is 37.4 Å². The Hall–Kier alpha value is -1.37. The Morgan fingerprint density at radius 3 is 2.77 bits per heavy atom. The van der Waals surface area contributed by atoms with Crippen LogP contribution in [0, 0.1) is 5.92 Å². The Morgan fingerprint density at radius 1 is 1.23 bits per heavy atom. The minimum atomic E-state index is -3.44. The number of nitrogens with one attached hydrogen (secondary N) is 1. The summed E-state index contributed by atoms with van der Waals surface area (Å²) in [6, 6.07) is 6.85. The maximum atomic E-state index is 12.7. The molecule has 26 heavy (non-hydrogen) atoms. The molecule has 2 unspecified atom stereocenters. The zero-order valence-corrected chi connectivity index (χ0v) is 16.8. The predicted molar refractivity (Wildman–Crippen MR) is 105 cm³/mol. The van der Waals surface area contributed by atoms with Crippen LogP contribution >= 0.6 is 22.9 Å². The highest BCUT2D eigenvalue weighted by molar-refractivity contribution is 7.91. The van der Waals surface area contributed by atoms with Gasteiger partial charge in [-0.15, -0.1) is 11.3 Å². The number of amides is 1. The first-order chi connectivity index (χ1) is 12.3. The molecule has 1 fully saturated rings. The van der Waals surface area contributed by atoms with Crippen molar-refractivity contribution in [2.75, 3.05) is 0 Å². The SMILES string of the molecule is CC1CCCCC1NC(=O)c1cc2c(s1)-c1ccc(Cl)cc1S(=O)(=O)C2. The fourth-order valence-electron chi connectivity index (χ4n) is 3.87. The minimum Gasteiger partial charge on any atom is -0.348 e. The summed E-state index contributed by atoms with van der Waals surface area (Å²) in [5.74, 6) is 0.292. The number of benzene rings is 1. The standard InChI is InChI=1S/C19H20ClNO3S2/c1-11-4-2-3-5-15(11)21-19(22)16-8-12-10-26(23,24)17-9-13(20)6-7-14(17)18(12)25-16/h6-9,11,15H,2-5,10H2,1H3,(H,21,22). The molecular formula is C19H20ClNO3S2. The Labute approximate surface area is 162 Å². The molecule has 2 aromatic rings. The Morgan fingerprint density at radius 2 is 2.00 bits per heavy atom. The third-order valence-corrected chi connectivity index (χ3v) is 8.47. The number of hydrogen-bond acceptors (Lipinski definition) is 4. The van der Waals surface area contributed by atoms with Crippen LogP contribution in [0.25, 0.3) is 10.4 Å². The van der Waals surface area contributed by atoms with Crippen LogP contribution in [0.5, 0.6) is 0 Å². The monoisotopic (exact) mass is 409 g/mol. The first-order valence-electron chi connectivity index (χ1n) is 8.81. The summed E-state index contributed by atoms with van der Waals surface area (Å²) in [4.78, 5) is 14.4. The molecule has 0 spiro atoms. The Bertz CT molecular complexity index is 981. The van der Waals surface area contributed by atoms with E-state index >= 15 is 0 Å². The maximum Gasteiger partial charge on any atom is 0.261 e. The van der Waals surface area contributed by atoms with E-state index in [9.17, 15) is 13.2 Å². The summed E-state index contributed by atoms with van der Waals surface area (Å²) in [5, 5.41) is 3.55. The van der Waals surface area contributed by atoms with Gasteiger partial charge in [-0.3, -0.25) is 4.79 Å². The van der Waals surface area contributed by atoms with E-state index in [2.05, 4.69) is 12.2 Å². The van der Waals surface area contributed by atoms with Crippen molar-refractivity contribution in [2.24, 2.45) is 5.92 Å². The van der Waals surface area contributed by atoms with Crippen molar-refractivity contribution in [2.45, 2.75) is 49.3 Å². The smallest absolute Gasteiger partial charge is 0.261 e. The van der Waals surface area contributed by atoms with Crippen LogP contribution in [-0.4, -0.2) is 20.4 Å². The molecule has 1 saturated carbocycles. The molecule has 138 valence electrons. The number of hydrogen-bond donors (Lipinski definition) is 1. The molecule has 1 N–H and O–H groups in total. The summed E-state index contributed by atoms with van der Waals surface area (Å²) in [7, 11) is -3.44. The van der Waals surface area contributed by atoms with Gasteiger partial charge in [-0.2, -0.15) is 0 Å². The number of rotatable bonds is 2.